The topological polar surface area (TPSA) is 115 Å². The van der Waals surface area contributed by atoms with Gasteiger partial charge in [0, 0.05) is 15.7 Å². The van der Waals surface area contributed by atoms with E-state index in [2.05, 4.69) is 74.1 Å². The van der Waals surface area contributed by atoms with Gasteiger partial charge in [-0.3, -0.25) is 0 Å². The zero-order valence-corrected chi connectivity index (χ0v) is 33.8. The molecule has 4 aromatic rings. The van der Waals surface area contributed by atoms with Crippen LogP contribution in [0.2, 0.25) is 5.04 Å². The van der Waals surface area contributed by atoms with Crippen LogP contribution in [-0.2, 0) is 30.0 Å². The summed E-state index contributed by atoms with van der Waals surface area (Å²) in [6.07, 6.45) is -4.09. The number of aliphatic hydroxyl groups excluding tert-OH is 1. The third-order valence-electron chi connectivity index (χ3n) is 10.8. The van der Waals surface area contributed by atoms with Gasteiger partial charge in [0.15, 0.2) is 6.29 Å². The van der Waals surface area contributed by atoms with Gasteiger partial charge in [0.25, 0.3) is 8.32 Å². The molecule has 0 radical (unpaired) electrons. The molecule has 54 heavy (non-hydrogen) atoms. The second-order valence-corrected chi connectivity index (χ2v) is 20.9. The van der Waals surface area contributed by atoms with Crippen LogP contribution in [0.4, 0.5) is 0 Å². The van der Waals surface area contributed by atoms with E-state index < -0.39 is 51.0 Å². The van der Waals surface area contributed by atoms with Crippen molar-refractivity contribution in [3.8, 4) is 0 Å². The summed E-state index contributed by atoms with van der Waals surface area (Å²) >= 11 is 1.67. The lowest BCUT2D eigenvalue weighted by Crippen LogP contribution is -2.68. The molecule has 1 N–H and O–H groups in total. The molecule has 4 unspecified atom stereocenters. The van der Waals surface area contributed by atoms with E-state index in [0.29, 0.717) is 6.61 Å². The predicted octanol–water partition coefficient (Wildman–Crippen LogP) is 8.11. The van der Waals surface area contributed by atoms with Crippen molar-refractivity contribution in [2.45, 2.75) is 106 Å². The van der Waals surface area contributed by atoms with E-state index in [1.165, 1.54) is 0 Å². The van der Waals surface area contributed by atoms with Crippen LogP contribution in [-0.4, -0.2) is 68.3 Å². The minimum Gasteiger partial charge on any atom is -0.405 e. The Kier molecular flexibility index (Phi) is 13.4. The fourth-order valence-electron chi connectivity index (χ4n) is 7.82. The van der Waals surface area contributed by atoms with Gasteiger partial charge in [-0.1, -0.05) is 161 Å². The Bertz CT molecular complexity index is 1760. The molecule has 2 heterocycles. The lowest BCUT2D eigenvalue weighted by atomic mass is 9.88. The molecule has 0 bridgehead atoms. The zero-order valence-electron chi connectivity index (χ0n) is 32.0. The smallest absolute Gasteiger partial charge is 0.261 e. The molecule has 0 spiro atoms. The second kappa shape index (κ2) is 18.0. The number of azide groups is 1. The van der Waals surface area contributed by atoms with Crippen molar-refractivity contribution in [2.75, 3.05) is 6.61 Å². The summed E-state index contributed by atoms with van der Waals surface area (Å²) < 4.78 is 34.2. The first kappa shape index (κ1) is 40.2. The lowest BCUT2D eigenvalue weighted by molar-refractivity contribution is -0.304. The molecule has 11 heteroatoms. The maximum absolute atomic E-state index is 11.7. The fourth-order valence-corrected chi connectivity index (χ4v) is 13.6. The maximum Gasteiger partial charge on any atom is 0.261 e. The maximum atomic E-state index is 11.7. The fraction of sp³-hybridized carbons (Fsp3) is 0.442. The van der Waals surface area contributed by atoms with Crippen molar-refractivity contribution in [3.63, 3.8) is 0 Å². The van der Waals surface area contributed by atoms with E-state index in [1.54, 1.807) is 11.8 Å². The highest BCUT2D eigenvalue weighted by atomic mass is 32.2. The van der Waals surface area contributed by atoms with Crippen molar-refractivity contribution in [3.05, 3.63) is 137 Å². The summed E-state index contributed by atoms with van der Waals surface area (Å²) in [6, 6.07) is 40.2. The van der Waals surface area contributed by atoms with Crippen LogP contribution in [0.1, 0.15) is 47.1 Å². The van der Waals surface area contributed by atoms with E-state index in [1.807, 2.05) is 98.8 Å². The molecule has 2 aliphatic heterocycles. The minimum atomic E-state index is -2.95. The highest BCUT2D eigenvalue weighted by molar-refractivity contribution is 7.99. The summed E-state index contributed by atoms with van der Waals surface area (Å²) in [5.41, 5.74) is 10.5. The Labute approximate surface area is 325 Å². The lowest BCUT2D eigenvalue weighted by Gasteiger charge is -2.49. The van der Waals surface area contributed by atoms with Gasteiger partial charge >= 0.3 is 0 Å². The average molecular weight is 768 g/mol. The van der Waals surface area contributed by atoms with Gasteiger partial charge in [0.05, 0.1) is 37.6 Å². The Morgan fingerprint density at radius 1 is 0.778 bits per heavy atom. The molecule has 2 saturated heterocycles. The van der Waals surface area contributed by atoms with Crippen LogP contribution >= 0.6 is 11.8 Å². The Morgan fingerprint density at radius 3 is 1.89 bits per heavy atom. The van der Waals surface area contributed by atoms with E-state index in [-0.39, 0.29) is 29.1 Å². The molecular weight excluding hydrogens is 715 g/mol. The number of aliphatic hydroxyl groups is 1. The monoisotopic (exact) mass is 767 g/mol. The third kappa shape index (κ3) is 8.81. The average Bonchev–Trinajstić information content (AvgIpc) is 3.18. The first-order valence-electron chi connectivity index (χ1n) is 18.8. The molecule has 0 saturated carbocycles. The van der Waals surface area contributed by atoms with Gasteiger partial charge in [-0.25, -0.2) is 0 Å². The van der Waals surface area contributed by atoms with E-state index in [0.717, 1.165) is 20.8 Å². The first-order chi connectivity index (χ1) is 26.0. The quantitative estimate of drug-likeness (QED) is 0.0633. The van der Waals surface area contributed by atoms with Crippen LogP contribution in [0.5, 0.6) is 0 Å². The Balaban J connectivity index is 1.29. The molecule has 0 aliphatic carbocycles. The van der Waals surface area contributed by atoms with Crippen LogP contribution < -0.4 is 10.4 Å². The van der Waals surface area contributed by atoms with Crippen molar-refractivity contribution >= 4 is 30.5 Å². The summed E-state index contributed by atoms with van der Waals surface area (Å²) in [5.74, 6) is -0.575. The van der Waals surface area contributed by atoms with Gasteiger partial charge in [-0.2, -0.15) is 0 Å². The standard InChI is InChI=1S/C43H53N3O6SSi/c1-29-37(45-46-44)41(51-36(38(29)47)28-49-54(43(4,5)6,34-23-15-9-16-24-34)35-25-17-10-18-26-35)52-40-31(3)50-42(53-33-21-13-8-14-22-33)30(2)39(40)48-27-32-19-11-7-12-20-32/h7-26,29-31,36-42,47H,27-28H2,1-6H3/t29-,30?,31?,36?,37?,38+,39+,40-,41-,42+/m1/s1. The summed E-state index contributed by atoms with van der Waals surface area (Å²) in [5, 5.41) is 17.9. The first-order valence-corrected chi connectivity index (χ1v) is 21.6. The number of hydrogen-bond acceptors (Lipinski definition) is 8. The van der Waals surface area contributed by atoms with E-state index in [9.17, 15) is 10.6 Å². The van der Waals surface area contributed by atoms with Gasteiger partial charge in [-0.15, -0.1) is 0 Å². The van der Waals surface area contributed by atoms with Crippen molar-refractivity contribution in [1.29, 1.82) is 0 Å². The van der Waals surface area contributed by atoms with Crippen molar-refractivity contribution in [2.24, 2.45) is 17.0 Å². The van der Waals surface area contributed by atoms with E-state index >= 15 is 0 Å². The number of benzene rings is 4. The third-order valence-corrected chi connectivity index (χ3v) is 17.1. The molecule has 0 amide bonds. The molecule has 4 aromatic carbocycles. The summed E-state index contributed by atoms with van der Waals surface area (Å²) in [7, 11) is -2.95. The minimum absolute atomic E-state index is 0.0843. The summed E-state index contributed by atoms with van der Waals surface area (Å²) in [4.78, 5) is 4.27. The Hall–Kier alpha value is -3.48. The highest BCUT2D eigenvalue weighted by Gasteiger charge is 2.53. The number of thioether (sulfide) groups is 1. The SMILES string of the molecule is CC1O[C@@H](Sc2ccccc2)C(C)[C@H](OCc2ccccc2)[C@@H]1O[C@H]1OC(CO[Si](c2ccccc2)(c2ccccc2)C(C)(C)C)[C@@H](O)[C@H](C)C1N=[N+]=[N-]. The van der Waals surface area contributed by atoms with Gasteiger partial charge in [-0.05, 0) is 51.5 Å². The molecule has 286 valence electrons. The number of ether oxygens (including phenoxy) is 4. The van der Waals surface area contributed by atoms with Crippen LogP contribution in [0.3, 0.4) is 0 Å². The highest BCUT2D eigenvalue weighted by Crippen LogP contribution is 2.42. The second-order valence-electron chi connectivity index (χ2n) is 15.4. The van der Waals surface area contributed by atoms with Crippen LogP contribution in [0, 0.1) is 11.8 Å². The van der Waals surface area contributed by atoms with Gasteiger partial charge in [0.1, 0.15) is 17.6 Å². The number of rotatable bonds is 13. The number of nitrogens with zero attached hydrogens (tertiary/aromatic N) is 3. The van der Waals surface area contributed by atoms with E-state index in [4.69, 9.17) is 23.4 Å². The van der Waals surface area contributed by atoms with Crippen molar-refractivity contribution in [1.82, 2.24) is 0 Å². The Morgan fingerprint density at radius 2 is 1.33 bits per heavy atom. The molecule has 9 nitrogen and oxygen atoms in total. The van der Waals surface area contributed by atoms with Gasteiger partial charge < -0.3 is 28.5 Å². The molecule has 10 atom stereocenters. The van der Waals surface area contributed by atoms with Crippen LogP contribution in [0.25, 0.3) is 10.4 Å². The predicted molar refractivity (Wildman–Crippen MR) is 216 cm³/mol. The molecule has 0 aromatic heterocycles. The summed E-state index contributed by atoms with van der Waals surface area (Å²) in [6.45, 7) is 13.1. The molecule has 2 aliphatic rings. The molecular formula is C43H53N3O6SSi. The molecule has 6 rings (SSSR count). The van der Waals surface area contributed by atoms with Crippen molar-refractivity contribution < 1.29 is 28.5 Å². The molecule has 2 fully saturated rings. The van der Waals surface area contributed by atoms with Gasteiger partial charge in [0.2, 0.25) is 0 Å². The number of hydrogen-bond donors (Lipinski definition) is 1. The normalized spacial score (nSPS) is 28.9. The zero-order chi connectivity index (χ0) is 38.3. The van der Waals surface area contributed by atoms with Crippen LogP contribution in [0.15, 0.2) is 131 Å². The largest absolute Gasteiger partial charge is 0.405 e.